The summed E-state index contributed by atoms with van der Waals surface area (Å²) >= 11 is 0. The normalized spacial score (nSPS) is 16.2. The lowest BCUT2D eigenvalue weighted by Gasteiger charge is -2.31. The lowest BCUT2D eigenvalue weighted by Crippen LogP contribution is -2.39. The predicted octanol–water partition coefficient (Wildman–Crippen LogP) is 2.35. The number of nitrogens with one attached hydrogen (secondary N) is 1. The first-order valence-electron chi connectivity index (χ1n) is 7.48. The summed E-state index contributed by atoms with van der Waals surface area (Å²) < 4.78 is 0. The molecule has 4 nitrogen and oxygen atoms in total. The van der Waals surface area contributed by atoms with E-state index >= 15 is 0 Å². The van der Waals surface area contributed by atoms with Crippen LogP contribution in [0.1, 0.15) is 36.5 Å². The third-order valence-corrected chi connectivity index (χ3v) is 3.87. The van der Waals surface area contributed by atoms with E-state index in [2.05, 4.69) is 12.2 Å². The summed E-state index contributed by atoms with van der Waals surface area (Å²) in [4.78, 5) is 14.3. The fourth-order valence-electron chi connectivity index (χ4n) is 2.50. The molecule has 2 rings (SSSR count). The molecule has 0 radical (unpaired) electrons. The predicted molar refractivity (Wildman–Crippen MR) is 80.9 cm³/mol. The highest BCUT2D eigenvalue weighted by Gasteiger charge is 2.22. The fourth-order valence-corrected chi connectivity index (χ4v) is 2.50. The summed E-state index contributed by atoms with van der Waals surface area (Å²) in [6.07, 6.45) is 2.89. The van der Waals surface area contributed by atoms with E-state index < -0.39 is 0 Å². The molecule has 1 fully saturated rings. The van der Waals surface area contributed by atoms with E-state index in [-0.39, 0.29) is 12.5 Å². The highest BCUT2D eigenvalue weighted by Crippen LogP contribution is 2.19. The van der Waals surface area contributed by atoms with Crippen LogP contribution in [0.15, 0.2) is 24.3 Å². The first kappa shape index (κ1) is 14.9. The van der Waals surface area contributed by atoms with Gasteiger partial charge in [0, 0.05) is 37.5 Å². The van der Waals surface area contributed by atoms with Crippen LogP contribution in [-0.4, -0.2) is 42.2 Å². The molecule has 110 valence electrons. The first-order chi connectivity index (χ1) is 9.74. The van der Waals surface area contributed by atoms with E-state index in [1.54, 1.807) is 0 Å². The maximum Gasteiger partial charge on any atom is 0.253 e. The number of benzene rings is 1. The van der Waals surface area contributed by atoms with Crippen LogP contribution in [0.2, 0.25) is 0 Å². The van der Waals surface area contributed by atoms with Crippen molar-refractivity contribution in [3.05, 3.63) is 29.8 Å². The molecular formula is C16H24N2O2. The van der Waals surface area contributed by atoms with Crippen molar-refractivity contribution in [1.82, 2.24) is 4.90 Å². The zero-order valence-electron chi connectivity index (χ0n) is 12.1. The van der Waals surface area contributed by atoms with E-state index in [1.807, 2.05) is 29.2 Å². The van der Waals surface area contributed by atoms with Crippen molar-refractivity contribution >= 4 is 11.6 Å². The Bertz CT molecular complexity index is 423. The smallest absolute Gasteiger partial charge is 0.253 e. The number of rotatable bonds is 5. The average Bonchev–Trinajstić information content (AvgIpc) is 2.53. The largest absolute Gasteiger partial charge is 0.396 e. The Hall–Kier alpha value is -1.55. The van der Waals surface area contributed by atoms with Crippen LogP contribution in [0.25, 0.3) is 0 Å². The zero-order valence-corrected chi connectivity index (χ0v) is 12.1. The molecule has 0 atom stereocenters. The lowest BCUT2D eigenvalue weighted by molar-refractivity contribution is 0.0651. The highest BCUT2D eigenvalue weighted by atomic mass is 16.3. The van der Waals surface area contributed by atoms with E-state index in [0.717, 1.165) is 50.1 Å². The van der Waals surface area contributed by atoms with Gasteiger partial charge in [0.25, 0.3) is 5.91 Å². The number of carbonyl (C=O) groups excluding carboxylic acids is 1. The minimum atomic E-state index is 0.100. The van der Waals surface area contributed by atoms with Crippen LogP contribution >= 0.6 is 0 Å². The second-order valence-electron chi connectivity index (χ2n) is 5.42. The molecule has 1 saturated heterocycles. The topological polar surface area (TPSA) is 52.6 Å². The van der Waals surface area contributed by atoms with Crippen molar-refractivity contribution < 1.29 is 9.90 Å². The van der Waals surface area contributed by atoms with Gasteiger partial charge >= 0.3 is 0 Å². The summed E-state index contributed by atoms with van der Waals surface area (Å²) in [6, 6.07) is 7.70. The number of hydrogen-bond acceptors (Lipinski definition) is 3. The number of likely N-dealkylation sites (tertiary alicyclic amines) is 1. The van der Waals surface area contributed by atoms with Gasteiger partial charge in [0.1, 0.15) is 0 Å². The maximum atomic E-state index is 12.4. The second-order valence-corrected chi connectivity index (χ2v) is 5.42. The van der Waals surface area contributed by atoms with Gasteiger partial charge in [-0.05, 0) is 49.4 Å². The fraction of sp³-hybridized carbons (Fsp3) is 0.562. The van der Waals surface area contributed by atoms with Crippen LogP contribution < -0.4 is 5.32 Å². The van der Waals surface area contributed by atoms with Gasteiger partial charge in [0.15, 0.2) is 0 Å². The summed E-state index contributed by atoms with van der Waals surface area (Å²) in [5, 5.41) is 12.4. The van der Waals surface area contributed by atoms with Crippen molar-refractivity contribution in [2.45, 2.75) is 26.2 Å². The number of aliphatic hydroxyl groups excluding tert-OH is 1. The van der Waals surface area contributed by atoms with Crippen molar-refractivity contribution in [2.24, 2.45) is 5.92 Å². The van der Waals surface area contributed by atoms with Crippen molar-refractivity contribution in [1.29, 1.82) is 0 Å². The molecule has 1 aromatic rings. The number of carbonyl (C=O) groups is 1. The van der Waals surface area contributed by atoms with Crippen molar-refractivity contribution in [3.63, 3.8) is 0 Å². The molecule has 1 aliphatic heterocycles. The van der Waals surface area contributed by atoms with Gasteiger partial charge in [0.2, 0.25) is 0 Å². The number of hydrogen-bond donors (Lipinski definition) is 2. The summed E-state index contributed by atoms with van der Waals surface area (Å²) in [5.41, 5.74) is 1.80. The molecule has 0 aliphatic carbocycles. The van der Waals surface area contributed by atoms with Gasteiger partial charge in [-0.15, -0.1) is 0 Å². The Morgan fingerprint density at radius 1 is 1.30 bits per heavy atom. The van der Waals surface area contributed by atoms with E-state index in [9.17, 15) is 4.79 Å². The van der Waals surface area contributed by atoms with Crippen LogP contribution in [0.3, 0.4) is 0 Å². The van der Waals surface area contributed by atoms with Crippen LogP contribution in [0.4, 0.5) is 5.69 Å². The van der Waals surface area contributed by atoms with Gasteiger partial charge in [-0.2, -0.15) is 0 Å². The summed E-state index contributed by atoms with van der Waals surface area (Å²) in [7, 11) is 0. The Morgan fingerprint density at radius 2 is 1.95 bits per heavy atom. The standard InChI is InChI=1S/C16H24N2O2/c1-2-9-17-15-5-3-14(4-6-15)16(20)18-10-7-13(12-19)8-11-18/h3-6,13,17,19H,2,7-12H2,1H3. The minimum absolute atomic E-state index is 0.100. The molecule has 1 heterocycles. The number of piperidine rings is 1. The third-order valence-electron chi connectivity index (χ3n) is 3.87. The summed E-state index contributed by atoms with van der Waals surface area (Å²) in [6.45, 7) is 4.81. The average molecular weight is 276 g/mol. The lowest BCUT2D eigenvalue weighted by atomic mass is 9.97. The molecule has 2 N–H and O–H groups in total. The Labute approximate surface area is 120 Å². The third kappa shape index (κ3) is 3.73. The Balaban J connectivity index is 1.92. The number of nitrogens with zero attached hydrogens (tertiary/aromatic N) is 1. The number of anilines is 1. The molecule has 1 amide bonds. The Kier molecular flexibility index (Phi) is 5.41. The van der Waals surface area contributed by atoms with Gasteiger partial charge < -0.3 is 15.3 Å². The number of amides is 1. The summed E-state index contributed by atoms with van der Waals surface area (Å²) in [5.74, 6) is 0.461. The number of aliphatic hydroxyl groups is 1. The van der Waals surface area contributed by atoms with E-state index in [1.165, 1.54) is 0 Å². The molecule has 0 bridgehead atoms. The van der Waals surface area contributed by atoms with E-state index in [0.29, 0.717) is 5.92 Å². The minimum Gasteiger partial charge on any atom is -0.396 e. The van der Waals surface area contributed by atoms with Gasteiger partial charge in [0.05, 0.1) is 0 Å². The molecule has 0 aromatic heterocycles. The van der Waals surface area contributed by atoms with Crippen LogP contribution in [0.5, 0.6) is 0 Å². The monoisotopic (exact) mass is 276 g/mol. The van der Waals surface area contributed by atoms with Crippen molar-refractivity contribution in [2.75, 3.05) is 31.6 Å². The first-order valence-corrected chi connectivity index (χ1v) is 7.48. The molecule has 0 saturated carbocycles. The molecule has 1 aromatic carbocycles. The zero-order chi connectivity index (χ0) is 14.4. The van der Waals surface area contributed by atoms with Crippen LogP contribution in [-0.2, 0) is 0 Å². The van der Waals surface area contributed by atoms with Gasteiger partial charge in [-0.1, -0.05) is 6.92 Å². The molecule has 0 unspecified atom stereocenters. The van der Waals surface area contributed by atoms with Crippen molar-refractivity contribution in [3.8, 4) is 0 Å². The van der Waals surface area contributed by atoms with Gasteiger partial charge in [-0.3, -0.25) is 4.79 Å². The molecule has 1 aliphatic rings. The maximum absolute atomic E-state index is 12.4. The SMILES string of the molecule is CCCNc1ccc(C(=O)N2CCC(CO)CC2)cc1. The highest BCUT2D eigenvalue weighted by molar-refractivity contribution is 5.94. The van der Waals surface area contributed by atoms with Crippen LogP contribution in [0, 0.1) is 5.92 Å². The second kappa shape index (κ2) is 7.29. The van der Waals surface area contributed by atoms with E-state index in [4.69, 9.17) is 5.11 Å². The molecule has 20 heavy (non-hydrogen) atoms. The molecular weight excluding hydrogens is 252 g/mol. The Morgan fingerprint density at radius 3 is 2.50 bits per heavy atom. The van der Waals surface area contributed by atoms with Gasteiger partial charge in [-0.25, -0.2) is 0 Å². The molecule has 4 heteroatoms. The quantitative estimate of drug-likeness (QED) is 0.868. The molecule has 0 spiro atoms.